The van der Waals surface area contributed by atoms with Gasteiger partial charge in [-0.05, 0) is 60.3 Å². The predicted octanol–water partition coefficient (Wildman–Crippen LogP) is 4.45. The van der Waals surface area contributed by atoms with E-state index in [0.29, 0.717) is 36.8 Å². The van der Waals surface area contributed by atoms with Crippen molar-refractivity contribution in [3.63, 3.8) is 0 Å². The SMILES string of the molecule is Cc1nc(Nc2cc(C)[nH]n2)cc([C@H]2CCCN2C(=O)C2(NC(=O)OC(C)(C)C)CCCCC2)n1. The Bertz CT molecular complexity index is 1070. The van der Waals surface area contributed by atoms with Crippen LogP contribution in [-0.2, 0) is 9.53 Å². The molecule has 10 nitrogen and oxygen atoms in total. The van der Waals surface area contributed by atoms with Crippen molar-refractivity contribution in [1.82, 2.24) is 30.4 Å². The van der Waals surface area contributed by atoms with E-state index in [1.807, 2.05) is 51.7 Å². The fraction of sp³-hybridized carbons (Fsp3) is 0.640. The van der Waals surface area contributed by atoms with Crippen molar-refractivity contribution in [2.75, 3.05) is 11.9 Å². The van der Waals surface area contributed by atoms with Gasteiger partial charge in [0.15, 0.2) is 5.82 Å². The summed E-state index contributed by atoms with van der Waals surface area (Å²) in [6.45, 7) is 9.89. The molecular weight excluding hydrogens is 446 g/mol. The molecule has 2 amide bonds. The number of anilines is 2. The molecule has 0 bridgehead atoms. The van der Waals surface area contributed by atoms with Crippen LogP contribution in [0, 0.1) is 13.8 Å². The number of likely N-dealkylation sites (tertiary alicyclic amines) is 1. The number of aromatic nitrogens is 4. The molecule has 0 radical (unpaired) electrons. The van der Waals surface area contributed by atoms with Crippen LogP contribution >= 0.6 is 0 Å². The first-order valence-corrected chi connectivity index (χ1v) is 12.5. The first kappa shape index (κ1) is 24.9. The van der Waals surface area contributed by atoms with Gasteiger partial charge in [0.25, 0.3) is 0 Å². The van der Waals surface area contributed by atoms with Crippen molar-refractivity contribution in [3.05, 3.63) is 29.3 Å². The Kier molecular flexibility index (Phi) is 7.00. The summed E-state index contributed by atoms with van der Waals surface area (Å²) >= 11 is 0. The van der Waals surface area contributed by atoms with Crippen LogP contribution in [0.2, 0.25) is 0 Å². The van der Waals surface area contributed by atoms with Crippen LogP contribution in [0.3, 0.4) is 0 Å². The highest BCUT2D eigenvalue weighted by Crippen LogP contribution is 2.38. The van der Waals surface area contributed by atoms with E-state index in [2.05, 4.69) is 30.8 Å². The van der Waals surface area contributed by atoms with Crippen LogP contribution < -0.4 is 10.6 Å². The summed E-state index contributed by atoms with van der Waals surface area (Å²) in [5, 5.41) is 13.3. The molecule has 2 fully saturated rings. The number of rotatable bonds is 5. The minimum absolute atomic E-state index is 0.0424. The van der Waals surface area contributed by atoms with Crippen LogP contribution in [-0.4, -0.2) is 54.8 Å². The summed E-state index contributed by atoms with van der Waals surface area (Å²) in [6, 6.07) is 3.62. The van der Waals surface area contributed by atoms with Crippen molar-refractivity contribution >= 4 is 23.6 Å². The maximum Gasteiger partial charge on any atom is 0.408 e. The molecule has 0 spiro atoms. The maximum absolute atomic E-state index is 14.1. The fourth-order valence-corrected chi connectivity index (χ4v) is 5.08. The van der Waals surface area contributed by atoms with E-state index in [-0.39, 0.29) is 11.9 Å². The summed E-state index contributed by atoms with van der Waals surface area (Å²) in [5.41, 5.74) is 0.162. The molecule has 2 aromatic rings. The second-order valence-electron chi connectivity index (χ2n) is 10.7. The van der Waals surface area contributed by atoms with E-state index in [1.54, 1.807) is 0 Å². The molecule has 2 aromatic heterocycles. The Labute approximate surface area is 206 Å². The number of ether oxygens (including phenoxy) is 1. The monoisotopic (exact) mass is 483 g/mol. The van der Waals surface area contributed by atoms with E-state index in [0.717, 1.165) is 43.5 Å². The van der Waals surface area contributed by atoms with Gasteiger partial charge in [0, 0.05) is 24.4 Å². The lowest BCUT2D eigenvalue weighted by Crippen LogP contribution is -2.61. The van der Waals surface area contributed by atoms with Crippen LogP contribution in [0.5, 0.6) is 0 Å². The highest BCUT2D eigenvalue weighted by molar-refractivity contribution is 5.90. The van der Waals surface area contributed by atoms with Gasteiger partial charge in [-0.2, -0.15) is 5.10 Å². The van der Waals surface area contributed by atoms with E-state index in [4.69, 9.17) is 4.74 Å². The number of carbonyl (C=O) groups is 2. The molecule has 2 aliphatic rings. The zero-order valence-corrected chi connectivity index (χ0v) is 21.4. The molecule has 3 N–H and O–H groups in total. The molecule has 0 aromatic carbocycles. The number of hydrogen-bond acceptors (Lipinski definition) is 7. The zero-order valence-electron chi connectivity index (χ0n) is 21.4. The first-order valence-electron chi connectivity index (χ1n) is 12.5. The highest BCUT2D eigenvalue weighted by Gasteiger charge is 2.47. The largest absolute Gasteiger partial charge is 0.444 e. The summed E-state index contributed by atoms with van der Waals surface area (Å²) in [7, 11) is 0. The number of amides is 2. The minimum atomic E-state index is -0.946. The van der Waals surface area contributed by atoms with Crippen LogP contribution in [0.15, 0.2) is 12.1 Å². The quantitative estimate of drug-likeness (QED) is 0.574. The number of alkyl carbamates (subject to hydrolysis) is 1. The summed E-state index contributed by atoms with van der Waals surface area (Å²) in [6.07, 6.45) is 5.22. The normalized spacial score (nSPS) is 19.9. The standard InChI is InChI=1S/C25H37N7O3/c1-16-14-21(31-30-16)28-20-15-18(26-17(2)27-20)19-10-9-13-32(19)22(33)25(11-7-6-8-12-25)29-23(34)35-24(3,4)5/h14-15,19H,6-13H2,1-5H3,(H,29,34)(H2,26,27,28,30,31)/t19-/m1/s1. The second kappa shape index (κ2) is 9.83. The maximum atomic E-state index is 14.1. The Balaban J connectivity index is 1.58. The van der Waals surface area contributed by atoms with Gasteiger partial charge in [-0.3, -0.25) is 9.89 Å². The Morgan fingerprint density at radius 2 is 1.83 bits per heavy atom. The Hall–Kier alpha value is -3.17. The molecule has 3 heterocycles. The van der Waals surface area contributed by atoms with Gasteiger partial charge in [-0.1, -0.05) is 19.3 Å². The molecule has 1 aliphatic carbocycles. The number of aromatic amines is 1. The number of nitrogens with one attached hydrogen (secondary N) is 3. The number of aryl methyl sites for hydroxylation is 2. The van der Waals surface area contributed by atoms with E-state index in [1.165, 1.54) is 0 Å². The number of hydrogen-bond donors (Lipinski definition) is 3. The summed E-state index contributed by atoms with van der Waals surface area (Å²) in [4.78, 5) is 37.9. The summed E-state index contributed by atoms with van der Waals surface area (Å²) < 4.78 is 5.52. The number of H-pyrrole nitrogens is 1. The van der Waals surface area contributed by atoms with Gasteiger partial charge in [-0.25, -0.2) is 14.8 Å². The Morgan fingerprint density at radius 1 is 1.09 bits per heavy atom. The fourth-order valence-electron chi connectivity index (χ4n) is 5.08. The summed E-state index contributed by atoms with van der Waals surface area (Å²) in [5.74, 6) is 1.89. The third-order valence-corrected chi connectivity index (χ3v) is 6.53. The molecule has 1 aliphatic heterocycles. The average Bonchev–Trinajstić information content (AvgIpc) is 3.41. The highest BCUT2D eigenvalue weighted by atomic mass is 16.6. The smallest absolute Gasteiger partial charge is 0.408 e. The molecule has 1 saturated heterocycles. The van der Waals surface area contributed by atoms with Gasteiger partial charge in [0.05, 0.1) is 11.7 Å². The lowest BCUT2D eigenvalue weighted by atomic mass is 9.80. The molecule has 35 heavy (non-hydrogen) atoms. The average molecular weight is 484 g/mol. The van der Waals surface area contributed by atoms with Gasteiger partial charge in [-0.15, -0.1) is 0 Å². The van der Waals surface area contributed by atoms with Crippen LogP contribution in [0.1, 0.15) is 89.0 Å². The van der Waals surface area contributed by atoms with Gasteiger partial charge in [0.2, 0.25) is 5.91 Å². The van der Waals surface area contributed by atoms with Crippen molar-refractivity contribution in [3.8, 4) is 0 Å². The molecule has 190 valence electrons. The minimum Gasteiger partial charge on any atom is -0.444 e. The topological polar surface area (TPSA) is 125 Å². The van der Waals surface area contributed by atoms with Gasteiger partial charge < -0.3 is 20.3 Å². The first-order chi connectivity index (χ1) is 16.5. The van der Waals surface area contributed by atoms with E-state index >= 15 is 0 Å². The van der Waals surface area contributed by atoms with Crippen molar-refractivity contribution in [1.29, 1.82) is 0 Å². The van der Waals surface area contributed by atoms with Gasteiger partial charge in [0.1, 0.15) is 22.8 Å². The second-order valence-corrected chi connectivity index (χ2v) is 10.7. The molecule has 10 heteroatoms. The van der Waals surface area contributed by atoms with Crippen LogP contribution in [0.25, 0.3) is 0 Å². The lowest BCUT2D eigenvalue weighted by molar-refractivity contribution is -0.141. The lowest BCUT2D eigenvalue weighted by Gasteiger charge is -2.41. The van der Waals surface area contributed by atoms with Gasteiger partial charge >= 0.3 is 6.09 Å². The number of nitrogens with zero attached hydrogens (tertiary/aromatic N) is 4. The third kappa shape index (κ3) is 5.91. The van der Waals surface area contributed by atoms with E-state index in [9.17, 15) is 9.59 Å². The van der Waals surface area contributed by atoms with Crippen molar-refractivity contribution < 1.29 is 14.3 Å². The third-order valence-electron chi connectivity index (χ3n) is 6.53. The molecule has 1 saturated carbocycles. The van der Waals surface area contributed by atoms with Crippen LogP contribution in [0.4, 0.5) is 16.4 Å². The molecule has 4 rings (SSSR count). The molecule has 0 unspecified atom stereocenters. The molecule has 1 atom stereocenters. The predicted molar refractivity (Wildman–Crippen MR) is 132 cm³/mol. The van der Waals surface area contributed by atoms with Crippen molar-refractivity contribution in [2.24, 2.45) is 0 Å². The molecular formula is C25H37N7O3. The van der Waals surface area contributed by atoms with E-state index < -0.39 is 17.2 Å². The zero-order chi connectivity index (χ0) is 25.2. The Morgan fingerprint density at radius 3 is 2.49 bits per heavy atom. The van der Waals surface area contributed by atoms with Crippen molar-refractivity contribution in [2.45, 2.75) is 96.7 Å². The number of carbonyl (C=O) groups excluding carboxylic acids is 2.